The maximum Gasteiger partial charge on any atom is 0.314 e. The Labute approximate surface area is 162 Å². The Morgan fingerprint density at radius 3 is 2.04 bits per heavy atom. The first-order valence-electron chi connectivity index (χ1n) is 8.33. The summed E-state index contributed by atoms with van der Waals surface area (Å²) in [7, 11) is 0. The number of aliphatic carboxylic acids is 2. The molecule has 26 heavy (non-hydrogen) atoms. The highest BCUT2D eigenvalue weighted by atomic mass is 35.5. The van der Waals surface area contributed by atoms with Crippen LogP contribution in [0.25, 0.3) is 0 Å². The van der Waals surface area contributed by atoms with E-state index in [4.69, 9.17) is 16.7 Å². The second-order valence-electron chi connectivity index (χ2n) is 6.10. The summed E-state index contributed by atoms with van der Waals surface area (Å²) in [6, 6.07) is 16.7. The van der Waals surface area contributed by atoms with Gasteiger partial charge in [-0.05, 0) is 42.7 Å². The third-order valence-electron chi connectivity index (χ3n) is 4.37. The van der Waals surface area contributed by atoms with Gasteiger partial charge in [0.2, 0.25) is 0 Å². The lowest BCUT2D eigenvalue weighted by atomic mass is 9.79. The van der Waals surface area contributed by atoms with Crippen LogP contribution in [0.3, 0.4) is 0 Å². The Balaban J connectivity index is 0.000000197. The summed E-state index contributed by atoms with van der Waals surface area (Å²) < 4.78 is 0. The van der Waals surface area contributed by atoms with E-state index in [1.807, 2.05) is 42.5 Å². The van der Waals surface area contributed by atoms with Gasteiger partial charge in [0, 0.05) is 9.92 Å². The molecule has 0 atom stereocenters. The zero-order valence-electron chi connectivity index (χ0n) is 14.2. The van der Waals surface area contributed by atoms with E-state index in [0.29, 0.717) is 5.02 Å². The lowest BCUT2D eigenvalue weighted by molar-refractivity contribution is -0.143. The van der Waals surface area contributed by atoms with Crippen LogP contribution in [0.4, 0.5) is 0 Å². The molecule has 4 nitrogen and oxygen atoms in total. The van der Waals surface area contributed by atoms with E-state index in [0.717, 1.165) is 36.1 Å². The molecule has 1 fully saturated rings. The van der Waals surface area contributed by atoms with E-state index in [1.54, 1.807) is 12.1 Å². The van der Waals surface area contributed by atoms with Crippen LogP contribution < -0.4 is 0 Å². The smallest absolute Gasteiger partial charge is 0.314 e. The molecule has 0 radical (unpaired) electrons. The van der Waals surface area contributed by atoms with Gasteiger partial charge in [0.05, 0.1) is 11.2 Å². The van der Waals surface area contributed by atoms with Gasteiger partial charge in [-0.25, -0.2) is 0 Å². The lowest BCUT2D eigenvalue weighted by Crippen LogP contribution is -2.32. The van der Waals surface area contributed by atoms with E-state index in [2.05, 4.69) is 0 Å². The lowest BCUT2D eigenvalue weighted by Gasteiger charge is -2.24. The number of hydrogen-bond acceptors (Lipinski definition) is 3. The Bertz CT molecular complexity index is 725. The highest BCUT2D eigenvalue weighted by Gasteiger charge is 2.42. The molecule has 0 spiro atoms. The molecule has 0 bridgehead atoms. The number of hydrogen-bond donors (Lipinski definition) is 2. The van der Waals surface area contributed by atoms with Crippen molar-refractivity contribution in [1.82, 2.24) is 0 Å². The quantitative estimate of drug-likeness (QED) is 0.692. The summed E-state index contributed by atoms with van der Waals surface area (Å²) in [6.07, 6.45) is 3.47. The predicted octanol–water partition coefficient (Wildman–Crippen LogP) is 5.10. The molecule has 0 unspecified atom stereocenters. The highest BCUT2D eigenvalue weighted by molar-refractivity contribution is 8.00. The molecular weight excluding hydrogens is 372 g/mol. The second-order valence-corrected chi connectivity index (χ2v) is 7.58. The van der Waals surface area contributed by atoms with Crippen molar-refractivity contribution in [2.45, 2.75) is 36.0 Å². The van der Waals surface area contributed by atoms with Crippen molar-refractivity contribution in [3.05, 3.63) is 65.2 Å². The number of carboxylic acid groups (broad SMARTS) is 2. The topological polar surface area (TPSA) is 74.6 Å². The largest absolute Gasteiger partial charge is 0.481 e. The van der Waals surface area contributed by atoms with Crippen LogP contribution in [0, 0.1) is 0 Å². The molecule has 0 aromatic heterocycles. The van der Waals surface area contributed by atoms with Gasteiger partial charge >= 0.3 is 11.9 Å². The van der Waals surface area contributed by atoms with Gasteiger partial charge < -0.3 is 10.2 Å². The van der Waals surface area contributed by atoms with Crippen LogP contribution in [0.15, 0.2) is 59.5 Å². The SMILES string of the molecule is O=C(O)C1(c2ccc(Cl)cc2)CCCC1.O=C(O)CSc1ccccc1. The molecule has 2 aromatic carbocycles. The minimum absolute atomic E-state index is 0.129. The number of carbonyl (C=O) groups is 2. The van der Waals surface area contributed by atoms with Gasteiger partial charge in [-0.15, -0.1) is 11.8 Å². The monoisotopic (exact) mass is 392 g/mol. The molecule has 0 heterocycles. The summed E-state index contributed by atoms with van der Waals surface area (Å²) in [5.41, 5.74) is 0.224. The first-order chi connectivity index (χ1) is 12.4. The van der Waals surface area contributed by atoms with E-state index in [1.165, 1.54) is 11.8 Å². The van der Waals surface area contributed by atoms with Crippen LogP contribution in [0.1, 0.15) is 31.2 Å². The maximum absolute atomic E-state index is 11.4. The molecular formula is C20H21ClO4S. The van der Waals surface area contributed by atoms with Gasteiger partial charge in [0.15, 0.2) is 0 Å². The van der Waals surface area contributed by atoms with E-state index in [-0.39, 0.29) is 5.75 Å². The summed E-state index contributed by atoms with van der Waals surface area (Å²) in [5.74, 6) is -1.36. The third-order valence-corrected chi connectivity index (χ3v) is 5.62. The molecule has 2 N–H and O–H groups in total. The van der Waals surface area contributed by atoms with Crippen molar-refractivity contribution in [3.8, 4) is 0 Å². The summed E-state index contributed by atoms with van der Waals surface area (Å²) >= 11 is 7.12. The maximum atomic E-state index is 11.4. The van der Waals surface area contributed by atoms with Crippen LogP contribution in [-0.2, 0) is 15.0 Å². The predicted molar refractivity (Wildman–Crippen MR) is 104 cm³/mol. The average Bonchev–Trinajstić information content (AvgIpc) is 3.13. The van der Waals surface area contributed by atoms with Crippen molar-refractivity contribution in [1.29, 1.82) is 0 Å². The fourth-order valence-corrected chi connectivity index (χ4v) is 3.80. The number of halogens is 1. The highest BCUT2D eigenvalue weighted by Crippen LogP contribution is 2.41. The molecule has 1 aliphatic carbocycles. The molecule has 0 saturated heterocycles. The van der Waals surface area contributed by atoms with Gasteiger partial charge in [-0.2, -0.15) is 0 Å². The third kappa shape index (κ3) is 5.51. The molecule has 3 rings (SSSR count). The van der Waals surface area contributed by atoms with E-state index in [9.17, 15) is 14.7 Å². The molecule has 6 heteroatoms. The Morgan fingerprint density at radius 2 is 1.54 bits per heavy atom. The fourth-order valence-electron chi connectivity index (χ4n) is 3.04. The first kappa shape index (κ1) is 20.3. The van der Waals surface area contributed by atoms with Crippen LogP contribution in [0.2, 0.25) is 5.02 Å². The Morgan fingerprint density at radius 1 is 0.962 bits per heavy atom. The molecule has 2 aromatic rings. The van der Waals surface area contributed by atoms with Crippen LogP contribution >= 0.6 is 23.4 Å². The molecule has 0 aliphatic heterocycles. The number of rotatable bonds is 5. The van der Waals surface area contributed by atoms with Crippen molar-refractivity contribution in [2.24, 2.45) is 0 Å². The zero-order valence-corrected chi connectivity index (χ0v) is 15.8. The normalized spacial score (nSPS) is 15.0. The molecule has 138 valence electrons. The average molecular weight is 393 g/mol. The van der Waals surface area contributed by atoms with E-state index < -0.39 is 17.4 Å². The van der Waals surface area contributed by atoms with E-state index >= 15 is 0 Å². The second kappa shape index (κ2) is 9.64. The minimum atomic E-state index is -0.779. The van der Waals surface area contributed by atoms with Gasteiger partial charge in [0.1, 0.15) is 0 Å². The molecule has 1 aliphatic rings. The molecule has 0 amide bonds. The number of carboxylic acids is 2. The van der Waals surface area contributed by atoms with Crippen LogP contribution in [0.5, 0.6) is 0 Å². The van der Waals surface area contributed by atoms with Crippen molar-refractivity contribution >= 4 is 35.3 Å². The van der Waals surface area contributed by atoms with Crippen molar-refractivity contribution in [2.75, 3.05) is 5.75 Å². The van der Waals surface area contributed by atoms with Gasteiger partial charge in [-0.3, -0.25) is 9.59 Å². The minimum Gasteiger partial charge on any atom is -0.481 e. The molecule has 1 saturated carbocycles. The van der Waals surface area contributed by atoms with Crippen molar-refractivity contribution < 1.29 is 19.8 Å². The Kier molecular flexibility index (Phi) is 7.54. The summed E-state index contributed by atoms with van der Waals surface area (Å²) in [4.78, 5) is 22.5. The summed E-state index contributed by atoms with van der Waals surface area (Å²) in [6.45, 7) is 0. The zero-order chi connectivity index (χ0) is 19.0. The number of benzene rings is 2. The standard InChI is InChI=1S/C12H13ClO2.C8H8O2S/c13-10-5-3-9(4-6-10)12(11(14)15)7-1-2-8-12;9-8(10)6-11-7-4-2-1-3-5-7/h3-6H,1-2,7-8H2,(H,14,15);1-5H,6H2,(H,9,10). The summed E-state index contributed by atoms with van der Waals surface area (Å²) in [5, 5.41) is 18.4. The number of thioether (sulfide) groups is 1. The van der Waals surface area contributed by atoms with Crippen molar-refractivity contribution in [3.63, 3.8) is 0 Å². The van der Waals surface area contributed by atoms with Crippen LogP contribution in [-0.4, -0.2) is 27.9 Å². The Hall–Kier alpha value is -1.98. The first-order valence-corrected chi connectivity index (χ1v) is 9.69. The fraction of sp³-hybridized carbons (Fsp3) is 0.300. The van der Waals surface area contributed by atoms with Gasteiger partial charge in [-0.1, -0.05) is 54.8 Å². The van der Waals surface area contributed by atoms with Gasteiger partial charge in [0.25, 0.3) is 0 Å².